The van der Waals surface area contributed by atoms with E-state index in [1.165, 1.54) is 18.4 Å². The summed E-state index contributed by atoms with van der Waals surface area (Å²) in [6.07, 6.45) is 8.69. The van der Waals surface area contributed by atoms with Crippen LogP contribution in [-0.2, 0) is 20.7 Å². The topological polar surface area (TPSA) is 58.6 Å². The van der Waals surface area contributed by atoms with Crippen molar-refractivity contribution in [2.24, 2.45) is 11.3 Å². The fraction of sp³-hybridized carbons (Fsp3) is 0.667. The summed E-state index contributed by atoms with van der Waals surface area (Å²) in [5.74, 6) is 0.270. The Bertz CT molecular complexity index is 693. The van der Waals surface area contributed by atoms with Crippen molar-refractivity contribution in [3.63, 3.8) is 0 Å². The molecule has 2 amide bonds. The van der Waals surface area contributed by atoms with Gasteiger partial charge in [-0.1, -0.05) is 43.2 Å². The average Bonchev–Trinajstić information content (AvgIpc) is 3.37. The minimum absolute atomic E-state index is 0.0925. The minimum atomic E-state index is -0.101. The van der Waals surface area contributed by atoms with E-state index in [2.05, 4.69) is 17.4 Å². The van der Waals surface area contributed by atoms with Gasteiger partial charge in [0.25, 0.3) is 0 Å². The summed E-state index contributed by atoms with van der Waals surface area (Å²) >= 11 is 0. The average molecular weight is 399 g/mol. The zero-order valence-corrected chi connectivity index (χ0v) is 17.4. The molecule has 2 heterocycles. The van der Waals surface area contributed by atoms with E-state index in [0.717, 1.165) is 38.5 Å². The Hall–Kier alpha value is -1.88. The summed E-state index contributed by atoms with van der Waals surface area (Å²) < 4.78 is 5.59. The second-order valence-electron chi connectivity index (χ2n) is 9.13. The number of benzene rings is 1. The van der Waals surface area contributed by atoms with Gasteiger partial charge in [-0.15, -0.1) is 0 Å². The van der Waals surface area contributed by atoms with Gasteiger partial charge >= 0.3 is 0 Å². The first-order valence-electron chi connectivity index (χ1n) is 11.4. The lowest BCUT2D eigenvalue weighted by molar-refractivity contribution is -0.131. The van der Waals surface area contributed by atoms with Crippen LogP contribution in [0.25, 0.3) is 0 Å². The molecular formula is C24H34N2O3. The molecule has 5 heteroatoms. The maximum Gasteiger partial charge on any atom is 0.225 e. The second kappa shape index (κ2) is 9.29. The van der Waals surface area contributed by atoms with Gasteiger partial charge in [0, 0.05) is 44.2 Å². The fourth-order valence-electron chi connectivity index (χ4n) is 5.42. The summed E-state index contributed by atoms with van der Waals surface area (Å²) in [6, 6.07) is 10.7. The third-order valence-electron chi connectivity index (χ3n) is 7.21. The first-order valence-corrected chi connectivity index (χ1v) is 11.4. The number of hydrogen-bond donors (Lipinski definition) is 1. The molecule has 0 radical (unpaired) electrons. The van der Waals surface area contributed by atoms with Crippen molar-refractivity contribution in [2.75, 3.05) is 26.3 Å². The van der Waals surface area contributed by atoms with Crippen molar-refractivity contribution < 1.29 is 14.3 Å². The van der Waals surface area contributed by atoms with Crippen LogP contribution in [-0.4, -0.2) is 49.1 Å². The van der Waals surface area contributed by atoms with Crippen LogP contribution in [0.15, 0.2) is 30.3 Å². The number of likely N-dealkylation sites (tertiary alicyclic amines) is 1. The van der Waals surface area contributed by atoms with Gasteiger partial charge in [0.1, 0.15) is 0 Å². The predicted octanol–water partition coefficient (Wildman–Crippen LogP) is 3.32. The van der Waals surface area contributed by atoms with Crippen LogP contribution in [0.3, 0.4) is 0 Å². The molecule has 1 saturated carbocycles. The first-order chi connectivity index (χ1) is 14.2. The Labute approximate surface area is 174 Å². The summed E-state index contributed by atoms with van der Waals surface area (Å²) in [5.41, 5.74) is 1.17. The molecule has 29 heavy (non-hydrogen) atoms. The third-order valence-corrected chi connectivity index (χ3v) is 7.21. The van der Waals surface area contributed by atoms with E-state index in [1.54, 1.807) is 0 Å². The maximum absolute atomic E-state index is 13.2. The van der Waals surface area contributed by atoms with Gasteiger partial charge in [-0.25, -0.2) is 0 Å². The van der Waals surface area contributed by atoms with Crippen LogP contribution in [0, 0.1) is 11.3 Å². The van der Waals surface area contributed by atoms with Gasteiger partial charge in [0.2, 0.25) is 11.8 Å². The van der Waals surface area contributed by atoms with Gasteiger partial charge in [0.05, 0.1) is 5.92 Å². The Kier molecular flexibility index (Phi) is 6.53. The molecule has 1 atom stereocenters. The smallest absolute Gasteiger partial charge is 0.225 e. The van der Waals surface area contributed by atoms with Gasteiger partial charge in [0.15, 0.2) is 0 Å². The standard InChI is InChI=1S/C24H34N2O3/c27-22(12-6-9-19-7-2-1-3-8-19)26-17-21(23(28)25-20-10-4-5-11-20)24(18-26)13-15-29-16-14-24/h1-3,7-8,20-21H,4-6,9-18H2,(H,25,28). The van der Waals surface area contributed by atoms with E-state index in [4.69, 9.17) is 4.74 Å². The van der Waals surface area contributed by atoms with E-state index < -0.39 is 0 Å². The highest BCUT2D eigenvalue weighted by atomic mass is 16.5. The molecule has 1 N–H and O–H groups in total. The Morgan fingerprint density at radius 3 is 2.55 bits per heavy atom. The van der Waals surface area contributed by atoms with Crippen LogP contribution in [0.5, 0.6) is 0 Å². The van der Waals surface area contributed by atoms with Gasteiger partial charge in [-0.05, 0) is 44.1 Å². The normalized spacial score (nSPS) is 24.1. The highest BCUT2D eigenvalue weighted by Crippen LogP contribution is 2.44. The Morgan fingerprint density at radius 1 is 1.10 bits per heavy atom. The molecular weight excluding hydrogens is 364 g/mol. The van der Waals surface area contributed by atoms with E-state index in [1.807, 2.05) is 23.1 Å². The van der Waals surface area contributed by atoms with E-state index in [0.29, 0.717) is 38.8 Å². The molecule has 4 rings (SSSR count). The van der Waals surface area contributed by atoms with Crippen molar-refractivity contribution in [3.05, 3.63) is 35.9 Å². The summed E-state index contributed by atoms with van der Waals surface area (Å²) in [5, 5.41) is 3.30. The highest BCUT2D eigenvalue weighted by Gasteiger charge is 2.51. The SMILES string of the molecule is O=C(NC1CCCC1)C1CN(C(=O)CCCc2ccccc2)CC12CCOCC2. The lowest BCUT2D eigenvalue weighted by atomic mass is 9.71. The number of ether oxygens (including phenoxy) is 1. The lowest BCUT2D eigenvalue weighted by Gasteiger charge is -2.37. The Balaban J connectivity index is 1.36. The molecule has 2 aliphatic heterocycles. The number of carbonyl (C=O) groups excluding carboxylic acids is 2. The van der Waals surface area contributed by atoms with Crippen LogP contribution in [0.4, 0.5) is 0 Å². The molecule has 3 fully saturated rings. The number of rotatable bonds is 6. The van der Waals surface area contributed by atoms with Crippen LogP contribution in [0.1, 0.15) is 56.9 Å². The molecule has 1 spiro atoms. The zero-order chi connectivity index (χ0) is 20.1. The number of nitrogens with one attached hydrogen (secondary N) is 1. The third kappa shape index (κ3) is 4.82. The lowest BCUT2D eigenvalue weighted by Crippen LogP contribution is -2.46. The summed E-state index contributed by atoms with van der Waals surface area (Å²) in [6.45, 7) is 2.68. The molecule has 0 aromatic heterocycles. The number of carbonyl (C=O) groups is 2. The van der Waals surface area contributed by atoms with Crippen molar-refractivity contribution in [3.8, 4) is 0 Å². The quantitative estimate of drug-likeness (QED) is 0.800. The highest BCUT2D eigenvalue weighted by molar-refractivity contribution is 5.83. The molecule has 2 saturated heterocycles. The van der Waals surface area contributed by atoms with E-state index >= 15 is 0 Å². The largest absolute Gasteiger partial charge is 0.381 e. The molecule has 1 unspecified atom stereocenters. The van der Waals surface area contributed by atoms with Crippen LogP contribution in [0.2, 0.25) is 0 Å². The number of nitrogens with zero attached hydrogens (tertiary/aromatic N) is 1. The minimum Gasteiger partial charge on any atom is -0.381 e. The molecule has 3 aliphatic rings. The maximum atomic E-state index is 13.2. The van der Waals surface area contributed by atoms with Crippen molar-refractivity contribution in [1.29, 1.82) is 0 Å². The molecule has 0 bridgehead atoms. The molecule has 1 aromatic rings. The van der Waals surface area contributed by atoms with Crippen molar-refractivity contribution in [1.82, 2.24) is 10.2 Å². The molecule has 5 nitrogen and oxygen atoms in total. The molecule has 158 valence electrons. The second-order valence-corrected chi connectivity index (χ2v) is 9.13. The first kappa shape index (κ1) is 20.4. The summed E-state index contributed by atoms with van der Waals surface area (Å²) in [7, 11) is 0. The molecule has 1 aromatic carbocycles. The van der Waals surface area contributed by atoms with Gasteiger partial charge in [-0.3, -0.25) is 9.59 Å². The fourth-order valence-corrected chi connectivity index (χ4v) is 5.42. The number of aryl methyl sites for hydroxylation is 1. The Morgan fingerprint density at radius 2 is 1.83 bits per heavy atom. The zero-order valence-electron chi connectivity index (χ0n) is 17.4. The van der Waals surface area contributed by atoms with Gasteiger partial charge in [-0.2, -0.15) is 0 Å². The van der Waals surface area contributed by atoms with E-state index in [9.17, 15) is 9.59 Å². The number of amides is 2. The van der Waals surface area contributed by atoms with E-state index in [-0.39, 0.29) is 23.1 Å². The van der Waals surface area contributed by atoms with Crippen LogP contribution >= 0.6 is 0 Å². The summed E-state index contributed by atoms with van der Waals surface area (Å²) in [4.78, 5) is 28.1. The van der Waals surface area contributed by atoms with Gasteiger partial charge < -0.3 is 15.0 Å². The van der Waals surface area contributed by atoms with Crippen molar-refractivity contribution >= 4 is 11.8 Å². The molecule has 1 aliphatic carbocycles. The predicted molar refractivity (Wildman–Crippen MR) is 112 cm³/mol. The van der Waals surface area contributed by atoms with Crippen molar-refractivity contribution in [2.45, 2.75) is 63.8 Å². The monoisotopic (exact) mass is 398 g/mol. The number of hydrogen-bond acceptors (Lipinski definition) is 3. The van der Waals surface area contributed by atoms with Crippen LogP contribution < -0.4 is 5.32 Å².